The van der Waals surface area contributed by atoms with E-state index in [1.54, 1.807) is 30.3 Å². The molecule has 1 atom stereocenters. The van der Waals surface area contributed by atoms with Gasteiger partial charge in [0, 0.05) is 6.42 Å². The summed E-state index contributed by atoms with van der Waals surface area (Å²) in [6.07, 6.45) is 1.78. The number of hydrogen-bond donors (Lipinski definition) is 1. The second-order valence-electron chi connectivity index (χ2n) is 6.21. The molecule has 3 rings (SSSR count). The lowest BCUT2D eigenvalue weighted by molar-refractivity contribution is -0.145. The lowest BCUT2D eigenvalue weighted by Crippen LogP contribution is -2.45. The van der Waals surface area contributed by atoms with Gasteiger partial charge in [-0.2, -0.15) is 0 Å². The van der Waals surface area contributed by atoms with Crippen LogP contribution in [0.2, 0.25) is 0 Å². The molecule has 0 radical (unpaired) electrons. The van der Waals surface area contributed by atoms with Crippen molar-refractivity contribution in [2.75, 3.05) is 7.11 Å². The zero-order chi connectivity index (χ0) is 21.0. The summed E-state index contributed by atoms with van der Waals surface area (Å²) in [5.41, 5.74) is 1.88. The molecule has 1 heterocycles. The van der Waals surface area contributed by atoms with Gasteiger partial charge in [0.15, 0.2) is 0 Å². The van der Waals surface area contributed by atoms with Crippen molar-refractivity contribution >= 4 is 52.2 Å². The van der Waals surface area contributed by atoms with Crippen LogP contribution in [0.25, 0.3) is 6.08 Å². The molecule has 1 aliphatic rings. The summed E-state index contributed by atoms with van der Waals surface area (Å²) in [5.74, 6) is -2.01. The number of carboxylic acids is 1. The Kier molecular flexibility index (Phi) is 6.46. The van der Waals surface area contributed by atoms with Crippen LogP contribution in [0.5, 0.6) is 0 Å². The quantitative estimate of drug-likeness (QED) is 0.430. The van der Waals surface area contributed by atoms with Gasteiger partial charge in [0.25, 0.3) is 5.91 Å². The maximum absolute atomic E-state index is 12.9. The minimum Gasteiger partial charge on any atom is -0.480 e. The summed E-state index contributed by atoms with van der Waals surface area (Å²) in [4.78, 5) is 37.8. The van der Waals surface area contributed by atoms with Gasteiger partial charge in [-0.05, 0) is 29.3 Å². The number of amides is 1. The van der Waals surface area contributed by atoms with Crippen molar-refractivity contribution < 1.29 is 24.2 Å². The van der Waals surface area contributed by atoms with Gasteiger partial charge in [-0.3, -0.25) is 9.69 Å². The minimum atomic E-state index is -1.12. The molecule has 0 spiro atoms. The number of esters is 1. The number of thiocarbonyl (C=S) groups is 1. The first-order valence-corrected chi connectivity index (χ1v) is 9.85. The van der Waals surface area contributed by atoms with E-state index in [-0.39, 0.29) is 10.7 Å². The largest absolute Gasteiger partial charge is 0.480 e. The molecule has 6 nitrogen and oxygen atoms in total. The number of nitrogens with zero attached hydrogens (tertiary/aromatic N) is 1. The molecule has 1 N–H and O–H groups in total. The van der Waals surface area contributed by atoms with Crippen LogP contribution in [-0.4, -0.2) is 45.3 Å². The Labute approximate surface area is 177 Å². The highest BCUT2D eigenvalue weighted by atomic mass is 32.2. The summed E-state index contributed by atoms with van der Waals surface area (Å²) in [7, 11) is 1.30. The van der Waals surface area contributed by atoms with E-state index in [4.69, 9.17) is 12.2 Å². The zero-order valence-corrected chi connectivity index (χ0v) is 17.0. The number of benzene rings is 2. The molecule has 0 aromatic heterocycles. The van der Waals surface area contributed by atoms with E-state index in [9.17, 15) is 19.5 Å². The molecule has 1 aliphatic heterocycles. The van der Waals surface area contributed by atoms with E-state index < -0.39 is 23.9 Å². The highest BCUT2D eigenvalue weighted by Gasteiger charge is 2.40. The highest BCUT2D eigenvalue weighted by Crippen LogP contribution is 2.34. The van der Waals surface area contributed by atoms with E-state index in [2.05, 4.69) is 4.74 Å². The summed E-state index contributed by atoms with van der Waals surface area (Å²) < 4.78 is 4.86. The number of rotatable bonds is 6. The third-order valence-corrected chi connectivity index (χ3v) is 5.65. The van der Waals surface area contributed by atoms with Crippen LogP contribution in [0.15, 0.2) is 59.5 Å². The molecule has 0 unspecified atom stereocenters. The fourth-order valence-electron chi connectivity index (χ4n) is 2.86. The van der Waals surface area contributed by atoms with Gasteiger partial charge in [0.2, 0.25) is 0 Å². The highest BCUT2D eigenvalue weighted by molar-refractivity contribution is 8.26. The smallest absolute Gasteiger partial charge is 0.337 e. The van der Waals surface area contributed by atoms with E-state index in [0.29, 0.717) is 16.0 Å². The van der Waals surface area contributed by atoms with Crippen LogP contribution in [0.4, 0.5) is 0 Å². The summed E-state index contributed by atoms with van der Waals surface area (Å²) in [5, 5.41) is 9.69. The number of thioether (sulfide) groups is 1. The number of hydrogen-bond acceptors (Lipinski definition) is 6. The molecule has 148 valence electrons. The van der Waals surface area contributed by atoms with Crippen LogP contribution in [0, 0.1) is 0 Å². The standard InChI is InChI=1S/C21H17NO5S2/c1-27-20(26)15-9-7-14(8-10-15)12-17-18(23)22(21(28)29-17)16(19(24)25)11-13-5-3-2-4-6-13/h2-10,12,16H,11H2,1H3,(H,24,25)/b17-12-/t16-/m1/s1. The van der Waals surface area contributed by atoms with Crippen LogP contribution in [-0.2, 0) is 20.7 Å². The summed E-state index contributed by atoms with van der Waals surface area (Å²) >= 11 is 6.36. The third kappa shape index (κ3) is 4.72. The maximum Gasteiger partial charge on any atom is 0.337 e. The Balaban J connectivity index is 1.83. The van der Waals surface area contributed by atoms with E-state index >= 15 is 0 Å². The molecule has 1 amide bonds. The predicted molar refractivity (Wildman–Crippen MR) is 114 cm³/mol. The average molecular weight is 428 g/mol. The Morgan fingerprint density at radius 2 is 1.83 bits per heavy atom. The molecule has 0 aliphatic carbocycles. The van der Waals surface area contributed by atoms with Gasteiger partial charge in [-0.1, -0.05) is 66.4 Å². The first-order valence-electron chi connectivity index (χ1n) is 8.63. The number of ether oxygens (including phenoxy) is 1. The summed E-state index contributed by atoms with van der Waals surface area (Å²) in [6, 6.07) is 14.5. The second kappa shape index (κ2) is 9.02. The first-order chi connectivity index (χ1) is 13.9. The van der Waals surface area contributed by atoms with Crippen LogP contribution in [0.1, 0.15) is 21.5 Å². The first kappa shape index (κ1) is 20.8. The number of carbonyl (C=O) groups is 3. The van der Waals surface area contributed by atoms with Crippen molar-refractivity contribution in [1.82, 2.24) is 4.90 Å². The lowest BCUT2D eigenvalue weighted by atomic mass is 10.0. The fraction of sp³-hybridized carbons (Fsp3) is 0.143. The molecule has 1 fully saturated rings. The number of carbonyl (C=O) groups excluding carboxylic acids is 2. The van der Waals surface area contributed by atoms with Gasteiger partial charge < -0.3 is 9.84 Å². The molecule has 2 aromatic carbocycles. The van der Waals surface area contributed by atoms with Gasteiger partial charge in [0.05, 0.1) is 17.6 Å². The van der Waals surface area contributed by atoms with Crippen molar-refractivity contribution in [3.63, 3.8) is 0 Å². The van der Waals surface area contributed by atoms with Crippen LogP contribution in [0.3, 0.4) is 0 Å². The monoisotopic (exact) mass is 427 g/mol. The molecule has 0 bridgehead atoms. The zero-order valence-electron chi connectivity index (χ0n) is 15.4. The van der Waals surface area contributed by atoms with Gasteiger partial charge in [-0.25, -0.2) is 9.59 Å². The van der Waals surface area contributed by atoms with Gasteiger partial charge in [0.1, 0.15) is 10.4 Å². The Bertz CT molecular complexity index is 986. The van der Waals surface area contributed by atoms with Crippen molar-refractivity contribution in [2.45, 2.75) is 12.5 Å². The average Bonchev–Trinajstić information content (AvgIpc) is 2.99. The van der Waals surface area contributed by atoms with Crippen LogP contribution >= 0.6 is 24.0 Å². The number of aliphatic carboxylic acids is 1. The Morgan fingerprint density at radius 1 is 1.17 bits per heavy atom. The van der Waals surface area contributed by atoms with E-state index in [1.807, 2.05) is 30.3 Å². The maximum atomic E-state index is 12.9. The fourth-order valence-corrected chi connectivity index (χ4v) is 4.22. The number of methoxy groups -OCH3 is 1. The number of carboxylic acid groups (broad SMARTS) is 1. The Hall–Kier alpha value is -2.97. The lowest BCUT2D eigenvalue weighted by Gasteiger charge is -2.23. The second-order valence-corrected chi connectivity index (χ2v) is 7.88. The molecular weight excluding hydrogens is 410 g/mol. The Morgan fingerprint density at radius 3 is 2.41 bits per heavy atom. The van der Waals surface area contributed by atoms with Crippen molar-refractivity contribution in [3.8, 4) is 0 Å². The molecule has 2 aromatic rings. The van der Waals surface area contributed by atoms with Crippen molar-refractivity contribution in [1.29, 1.82) is 0 Å². The van der Waals surface area contributed by atoms with Crippen LogP contribution < -0.4 is 0 Å². The van der Waals surface area contributed by atoms with Crippen molar-refractivity contribution in [2.24, 2.45) is 0 Å². The van der Waals surface area contributed by atoms with E-state index in [1.165, 1.54) is 7.11 Å². The van der Waals surface area contributed by atoms with E-state index in [0.717, 1.165) is 22.2 Å². The van der Waals surface area contributed by atoms with Gasteiger partial charge >= 0.3 is 11.9 Å². The SMILES string of the molecule is COC(=O)c1ccc(/C=C2\SC(=S)N([C@H](Cc3ccccc3)C(=O)O)C2=O)cc1. The molecular formula is C21H17NO5S2. The topological polar surface area (TPSA) is 83.9 Å². The molecule has 8 heteroatoms. The normalized spacial score (nSPS) is 16.2. The predicted octanol–water partition coefficient (Wildman–Crippen LogP) is 3.37. The van der Waals surface area contributed by atoms with Crippen molar-refractivity contribution in [3.05, 3.63) is 76.2 Å². The third-order valence-electron chi connectivity index (χ3n) is 4.32. The summed E-state index contributed by atoms with van der Waals surface area (Å²) in [6.45, 7) is 0. The molecule has 0 saturated carbocycles. The van der Waals surface area contributed by atoms with Gasteiger partial charge in [-0.15, -0.1) is 0 Å². The minimum absolute atomic E-state index is 0.156. The molecule has 1 saturated heterocycles. The molecule has 29 heavy (non-hydrogen) atoms.